The Labute approximate surface area is 137 Å². The van der Waals surface area contributed by atoms with E-state index in [9.17, 15) is 9.90 Å². The second-order valence-electron chi connectivity index (χ2n) is 4.72. The van der Waals surface area contributed by atoms with Crippen molar-refractivity contribution in [1.29, 1.82) is 0 Å². The fourth-order valence-electron chi connectivity index (χ4n) is 2.30. The van der Waals surface area contributed by atoms with Gasteiger partial charge in [0, 0.05) is 5.56 Å². The van der Waals surface area contributed by atoms with Crippen molar-refractivity contribution in [2.45, 2.75) is 0 Å². The maximum absolute atomic E-state index is 11.4. The lowest BCUT2D eigenvalue weighted by atomic mass is 10.1. The first kappa shape index (κ1) is 13.9. The number of nitrogen functional groups attached to an aromatic ring is 1. The van der Waals surface area contributed by atoms with Crippen molar-refractivity contribution in [1.82, 2.24) is 9.97 Å². The Kier molecular flexibility index (Phi) is 3.14. The highest BCUT2D eigenvalue weighted by Crippen LogP contribution is 2.40. The molecule has 0 saturated carbocycles. The summed E-state index contributed by atoms with van der Waals surface area (Å²) in [5.74, 6) is -0.525. The van der Waals surface area contributed by atoms with Crippen LogP contribution in [-0.2, 0) is 0 Å². The van der Waals surface area contributed by atoms with E-state index in [0.717, 1.165) is 21.8 Å². The number of thiophene rings is 2. The van der Waals surface area contributed by atoms with Crippen molar-refractivity contribution in [2.24, 2.45) is 0 Å². The second-order valence-corrected chi connectivity index (χ2v) is 6.66. The van der Waals surface area contributed by atoms with Crippen LogP contribution < -0.4 is 5.73 Å². The number of nitrogens with two attached hydrogens (primary N) is 1. The van der Waals surface area contributed by atoms with Gasteiger partial charge in [0.2, 0.25) is 0 Å². The van der Waals surface area contributed by atoms with E-state index in [1.54, 1.807) is 12.3 Å². The minimum atomic E-state index is -1.07. The number of nitrogens with zero attached hydrogens (tertiary/aromatic N) is 2. The summed E-state index contributed by atoms with van der Waals surface area (Å²) in [4.78, 5) is 22.0. The molecule has 0 unspecified atom stereocenters. The molecule has 0 aliphatic carbocycles. The van der Waals surface area contributed by atoms with Crippen molar-refractivity contribution >= 4 is 44.5 Å². The molecular weight excluding hydrogens is 334 g/mol. The third kappa shape index (κ3) is 2.19. The Morgan fingerprint density at radius 1 is 1.30 bits per heavy atom. The lowest BCUT2D eigenvalue weighted by molar-refractivity contribution is 0.0703. The van der Waals surface area contributed by atoms with Crippen molar-refractivity contribution in [2.75, 3.05) is 5.73 Å². The van der Waals surface area contributed by atoms with Gasteiger partial charge in [-0.05, 0) is 17.5 Å². The minimum Gasteiger partial charge on any atom is -0.477 e. The fourth-order valence-corrected chi connectivity index (χ4v) is 3.90. The third-order valence-corrected chi connectivity index (χ3v) is 5.27. The first-order valence-electron chi connectivity index (χ1n) is 6.55. The summed E-state index contributed by atoms with van der Waals surface area (Å²) >= 11 is 2.57. The summed E-state index contributed by atoms with van der Waals surface area (Å²) in [6, 6.07) is 5.59. The standard InChI is InChI=1S/C15H9N3O3S2/c16-10-9-11(7-3-4-21-6-7)17-13(8-2-1-5-22-8)18-14(9)23-12(10)15(19)20/h1-6H,16H2,(H,19,20). The van der Waals surface area contributed by atoms with E-state index in [4.69, 9.17) is 10.2 Å². The molecule has 6 nitrogen and oxygen atoms in total. The van der Waals surface area contributed by atoms with E-state index in [1.807, 2.05) is 17.5 Å². The molecule has 0 bridgehead atoms. The topological polar surface area (TPSA) is 102 Å². The maximum atomic E-state index is 11.4. The SMILES string of the molecule is Nc1c(C(=O)O)sc2nc(-c3cccs3)nc(-c3ccoc3)c12. The molecule has 0 aromatic carbocycles. The number of carboxylic acid groups (broad SMARTS) is 1. The van der Waals surface area contributed by atoms with Crippen LogP contribution >= 0.6 is 22.7 Å². The molecule has 0 spiro atoms. The van der Waals surface area contributed by atoms with E-state index in [-0.39, 0.29) is 10.6 Å². The van der Waals surface area contributed by atoms with Gasteiger partial charge in [0.1, 0.15) is 9.71 Å². The predicted octanol–water partition coefficient (Wildman–Crippen LogP) is 3.96. The molecule has 0 aliphatic rings. The number of rotatable bonds is 3. The molecular formula is C15H9N3O3S2. The molecule has 0 aliphatic heterocycles. The molecule has 0 atom stereocenters. The summed E-state index contributed by atoms with van der Waals surface area (Å²) in [7, 11) is 0. The number of fused-ring (bicyclic) bond motifs is 1. The molecule has 114 valence electrons. The predicted molar refractivity (Wildman–Crippen MR) is 89.8 cm³/mol. The van der Waals surface area contributed by atoms with Crippen molar-refractivity contribution in [3.05, 3.63) is 41.0 Å². The van der Waals surface area contributed by atoms with Crippen LogP contribution in [0.25, 0.3) is 32.2 Å². The van der Waals surface area contributed by atoms with E-state index in [2.05, 4.69) is 9.97 Å². The molecule has 4 rings (SSSR count). The fraction of sp³-hybridized carbons (Fsp3) is 0. The van der Waals surface area contributed by atoms with E-state index in [0.29, 0.717) is 21.7 Å². The van der Waals surface area contributed by atoms with Crippen LogP contribution in [0.2, 0.25) is 0 Å². The quantitative estimate of drug-likeness (QED) is 0.584. The number of aromatic nitrogens is 2. The lowest BCUT2D eigenvalue weighted by Gasteiger charge is -2.04. The smallest absolute Gasteiger partial charge is 0.348 e. The molecule has 3 N–H and O–H groups in total. The molecule has 0 radical (unpaired) electrons. The zero-order valence-electron chi connectivity index (χ0n) is 11.5. The summed E-state index contributed by atoms with van der Waals surface area (Å²) in [5.41, 5.74) is 7.53. The molecule has 0 saturated heterocycles. The summed E-state index contributed by atoms with van der Waals surface area (Å²) in [6.07, 6.45) is 3.09. The maximum Gasteiger partial charge on any atom is 0.348 e. The van der Waals surface area contributed by atoms with Gasteiger partial charge >= 0.3 is 5.97 Å². The van der Waals surface area contributed by atoms with Gasteiger partial charge in [-0.3, -0.25) is 0 Å². The number of hydrogen-bond donors (Lipinski definition) is 2. The monoisotopic (exact) mass is 343 g/mol. The number of carboxylic acids is 1. The van der Waals surface area contributed by atoms with Gasteiger partial charge in [-0.2, -0.15) is 0 Å². The zero-order chi connectivity index (χ0) is 16.0. The molecule has 0 fully saturated rings. The van der Waals surface area contributed by atoms with Gasteiger partial charge in [-0.1, -0.05) is 6.07 Å². The Hall–Kier alpha value is -2.71. The van der Waals surface area contributed by atoms with Gasteiger partial charge in [-0.15, -0.1) is 22.7 Å². The Morgan fingerprint density at radius 2 is 2.17 bits per heavy atom. The number of carbonyl (C=O) groups is 1. The van der Waals surface area contributed by atoms with Crippen LogP contribution in [0.3, 0.4) is 0 Å². The summed E-state index contributed by atoms with van der Waals surface area (Å²) < 4.78 is 5.13. The molecule has 4 aromatic heterocycles. The van der Waals surface area contributed by atoms with Crippen LogP contribution in [0.1, 0.15) is 9.67 Å². The average Bonchev–Trinajstić information content (AvgIpc) is 3.27. The van der Waals surface area contributed by atoms with Crippen LogP contribution in [0.15, 0.2) is 40.5 Å². The Balaban J connectivity index is 2.08. The first-order valence-corrected chi connectivity index (χ1v) is 8.24. The Morgan fingerprint density at radius 3 is 2.83 bits per heavy atom. The molecule has 4 aromatic rings. The number of furan rings is 1. The van der Waals surface area contributed by atoms with E-state index >= 15 is 0 Å². The average molecular weight is 343 g/mol. The molecule has 0 amide bonds. The third-order valence-electron chi connectivity index (χ3n) is 3.32. The van der Waals surface area contributed by atoms with Gasteiger partial charge in [-0.25, -0.2) is 14.8 Å². The summed E-state index contributed by atoms with van der Waals surface area (Å²) in [6.45, 7) is 0. The van der Waals surface area contributed by atoms with Crippen LogP contribution in [0.5, 0.6) is 0 Å². The highest BCUT2D eigenvalue weighted by molar-refractivity contribution is 7.21. The van der Waals surface area contributed by atoms with Gasteiger partial charge in [0.05, 0.1) is 34.2 Å². The number of aromatic carboxylic acids is 1. The summed E-state index contributed by atoms with van der Waals surface area (Å²) in [5, 5.41) is 11.8. The van der Waals surface area contributed by atoms with E-state index in [1.165, 1.54) is 17.6 Å². The normalized spacial score (nSPS) is 11.1. The van der Waals surface area contributed by atoms with Crippen LogP contribution in [0, 0.1) is 0 Å². The minimum absolute atomic E-state index is 0.0716. The zero-order valence-corrected chi connectivity index (χ0v) is 13.1. The van der Waals surface area contributed by atoms with Crippen molar-refractivity contribution in [3.63, 3.8) is 0 Å². The van der Waals surface area contributed by atoms with Gasteiger partial charge in [0.25, 0.3) is 0 Å². The molecule has 23 heavy (non-hydrogen) atoms. The number of anilines is 1. The van der Waals surface area contributed by atoms with Crippen LogP contribution in [-0.4, -0.2) is 21.0 Å². The van der Waals surface area contributed by atoms with E-state index < -0.39 is 5.97 Å². The number of hydrogen-bond acceptors (Lipinski definition) is 7. The van der Waals surface area contributed by atoms with Gasteiger partial charge < -0.3 is 15.3 Å². The second kappa shape index (κ2) is 5.18. The van der Waals surface area contributed by atoms with Crippen molar-refractivity contribution < 1.29 is 14.3 Å². The largest absolute Gasteiger partial charge is 0.477 e. The molecule has 4 heterocycles. The Bertz CT molecular complexity index is 1000. The molecule has 8 heteroatoms. The van der Waals surface area contributed by atoms with Gasteiger partial charge in [0.15, 0.2) is 5.82 Å². The lowest BCUT2D eigenvalue weighted by Crippen LogP contribution is -1.98. The highest BCUT2D eigenvalue weighted by Gasteiger charge is 2.22. The first-order chi connectivity index (χ1) is 11.1. The van der Waals surface area contributed by atoms with Crippen LogP contribution in [0.4, 0.5) is 5.69 Å². The highest BCUT2D eigenvalue weighted by atomic mass is 32.1. The van der Waals surface area contributed by atoms with Crippen molar-refractivity contribution in [3.8, 4) is 22.0 Å².